The number of rotatable bonds is 5. The van der Waals surface area contributed by atoms with Gasteiger partial charge in [-0.1, -0.05) is 18.2 Å². The summed E-state index contributed by atoms with van der Waals surface area (Å²) < 4.78 is 32.9. The number of hydrogen-bond donors (Lipinski definition) is 1. The fraction of sp³-hybridized carbons (Fsp3) is 0.160. The van der Waals surface area contributed by atoms with Crippen LogP contribution in [0.25, 0.3) is 22.2 Å². The third-order valence-corrected chi connectivity index (χ3v) is 6.17. The third kappa shape index (κ3) is 3.34. The lowest BCUT2D eigenvalue weighted by atomic mass is 10.0. The first-order valence-corrected chi connectivity index (χ1v) is 10.7. The van der Waals surface area contributed by atoms with Crippen LogP contribution >= 0.6 is 0 Å². The molecule has 0 fully saturated rings. The van der Waals surface area contributed by atoms with E-state index in [1.165, 1.54) is 12.3 Å². The largest absolute Gasteiger partial charge is 0.344 e. The summed E-state index contributed by atoms with van der Waals surface area (Å²) in [6, 6.07) is 14.7. The second-order valence-electron chi connectivity index (χ2n) is 8.23. The van der Waals surface area contributed by atoms with Gasteiger partial charge in [0.05, 0.1) is 17.9 Å². The quantitative estimate of drug-likeness (QED) is 0.416. The van der Waals surface area contributed by atoms with E-state index in [4.69, 9.17) is 0 Å². The maximum Gasteiger partial charge on any atom is 0.229 e. The second kappa shape index (κ2) is 7.51. The molecule has 0 amide bonds. The monoisotopic (exact) mass is 442 g/mol. The molecule has 33 heavy (non-hydrogen) atoms. The predicted octanol–water partition coefficient (Wildman–Crippen LogP) is 5.00. The van der Waals surface area contributed by atoms with Gasteiger partial charge in [-0.15, -0.1) is 0 Å². The molecule has 0 atom stereocenters. The van der Waals surface area contributed by atoms with Gasteiger partial charge in [0.25, 0.3) is 0 Å². The van der Waals surface area contributed by atoms with E-state index in [0.29, 0.717) is 29.3 Å². The van der Waals surface area contributed by atoms with Crippen LogP contribution in [0.5, 0.6) is 0 Å². The number of benzene rings is 2. The van der Waals surface area contributed by atoms with E-state index >= 15 is 0 Å². The summed E-state index contributed by atoms with van der Waals surface area (Å²) >= 11 is 0. The van der Waals surface area contributed by atoms with Crippen LogP contribution in [-0.2, 0) is 26.4 Å². The molecule has 0 spiro atoms. The Morgan fingerprint density at radius 1 is 1.06 bits per heavy atom. The summed E-state index contributed by atoms with van der Waals surface area (Å²) in [7, 11) is 1.80. The zero-order valence-corrected chi connectivity index (χ0v) is 17.9. The second-order valence-corrected chi connectivity index (χ2v) is 8.23. The molecule has 1 aliphatic heterocycles. The highest BCUT2D eigenvalue weighted by Crippen LogP contribution is 2.35. The van der Waals surface area contributed by atoms with Crippen LogP contribution in [0.15, 0.2) is 60.9 Å². The normalized spacial score (nSPS) is 12.6. The topological polar surface area (TPSA) is 60.6 Å². The predicted molar refractivity (Wildman–Crippen MR) is 122 cm³/mol. The Morgan fingerprint density at radius 3 is 2.76 bits per heavy atom. The van der Waals surface area contributed by atoms with Crippen molar-refractivity contribution in [2.75, 3.05) is 5.32 Å². The molecule has 0 aliphatic carbocycles. The summed E-state index contributed by atoms with van der Waals surface area (Å²) in [6.45, 7) is 0.825. The molecule has 0 saturated carbocycles. The number of nitrogens with zero attached hydrogens (tertiary/aromatic N) is 5. The minimum Gasteiger partial charge on any atom is -0.344 e. The minimum atomic E-state index is -0.485. The van der Waals surface area contributed by atoms with Gasteiger partial charge >= 0.3 is 0 Å². The SMILES string of the molecule is Cn1nccc1Nc1ncc(F)c(-c2cc3c4c(c2)cc(Cc2ccccc2F)n4CC3)n1. The fourth-order valence-corrected chi connectivity index (χ4v) is 4.60. The first kappa shape index (κ1) is 19.6. The van der Waals surface area contributed by atoms with Crippen LogP contribution in [0, 0.1) is 11.6 Å². The van der Waals surface area contributed by atoms with Gasteiger partial charge in [-0.05, 0) is 41.8 Å². The Balaban J connectivity index is 1.40. The summed E-state index contributed by atoms with van der Waals surface area (Å²) in [6.07, 6.45) is 4.19. The molecule has 6 rings (SSSR count). The Labute approximate surface area is 188 Å². The molecule has 4 heterocycles. The van der Waals surface area contributed by atoms with Crippen LogP contribution in [0.2, 0.25) is 0 Å². The summed E-state index contributed by atoms with van der Waals surface area (Å²) in [5, 5.41) is 8.19. The lowest BCUT2D eigenvalue weighted by molar-refractivity contribution is 0.610. The van der Waals surface area contributed by atoms with E-state index < -0.39 is 5.82 Å². The van der Waals surface area contributed by atoms with Gasteiger partial charge in [-0.25, -0.2) is 18.7 Å². The maximum atomic E-state index is 14.8. The zero-order valence-electron chi connectivity index (χ0n) is 17.9. The van der Waals surface area contributed by atoms with Crippen molar-refractivity contribution in [1.29, 1.82) is 0 Å². The van der Waals surface area contributed by atoms with E-state index in [-0.39, 0.29) is 11.5 Å². The van der Waals surface area contributed by atoms with Gasteiger partial charge < -0.3 is 9.88 Å². The summed E-state index contributed by atoms with van der Waals surface area (Å²) in [4.78, 5) is 8.53. The summed E-state index contributed by atoms with van der Waals surface area (Å²) in [5.74, 6) is 0.313. The Morgan fingerprint density at radius 2 is 1.94 bits per heavy atom. The molecular weight excluding hydrogens is 422 g/mol. The van der Waals surface area contributed by atoms with Gasteiger partial charge in [0.15, 0.2) is 5.82 Å². The Bertz CT molecular complexity index is 1520. The summed E-state index contributed by atoms with van der Waals surface area (Å²) in [5.41, 5.74) is 4.92. The molecule has 0 saturated heterocycles. The van der Waals surface area contributed by atoms with Crippen LogP contribution in [0.1, 0.15) is 16.8 Å². The van der Waals surface area contributed by atoms with E-state index in [2.05, 4.69) is 31.0 Å². The lowest BCUT2D eigenvalue weighted by Crippen LogP contribution is -2.04. The van der Waals surface area contributed by atoms with Crippen molar-refractivity contribution in [1.82, 2.24) is 24.3 Å². The number of halogens is 2. The van der Waals surface area contributed by atoms with Crippen molar-refractivity contribution in [2.45, 2.75) is 19.4 Å². The molecule has 2 aromatic carbocycles. The van der Waals surface area contributed by atoms with Crippen LogP contribution in [0.3, 0.4) is 0 Å². The van der Waals surface area contributed by atoms with E-state index in [9.17, 15) is 8.78 Å². The van der Waals surface area contributed by atoms with Crippen molar-refractivity contribution in [3.05, 3.63) is 89.4 Å². The average Bonchev–Trinajstić information content (AvgIpc) is 3.51. The molecule has 8 heteroatoms. The van der Waals surface area contributed by atoms with Gasteiger partial charge in [0.1, 0.15) is 17.3 Å². The van der Waals surface area contributed by atoms with Crippen LogP contribution in [-0.4, -0.2) is 24.3 Å². The Kier molecular flexibility index (Phi) is 4.46. The third-order valence-electron chi connectivity index (χ3n) is 6.17. The molecule has 0 radical (unpaired) electrons. The highest BCUT2D eigenvalue weighted by molar-refractivity contribution is 5.90. The van der Waals surface area contributed by atoms with Crippen molar-refractivity contribution in [3.63, 3.8) is 0 Å². The molecule has 0 bridgehead atoms. The first-order chi connectivity index (χ1) is 16.1. The van der Waals surface area contributed by atoms with Crippen LogP contribution < -0.4 is 5.32 Å². The van der Waals surface area contributed by atoms with E-state index in [1.54, 1.807) is 30.1 Å². The number of aryl methyl sites for hydroxylation is 3. The van der Waals surface area contributed by atoms with Crippen molar-refractivity contribution in [2.24, 2.45) is 7.05 Å². The maximum absolute atomic E-state index is 14.8. The fourth-order valence-electron chi connectivity index (χ4n) is 4.60. The zero-order chi connectivity index (χ0) is 22.5. The molecule has 6 nitrogen and oxygen atoms in total. The van der Waals surface area contributed by atoms with Crippen LogP contribution in [0.4, 0.5) is 20.5 Å². The number of anilines is 2. The van der Waals surface area contributed by atoms with Crippen molar-refractivity contribution >= 4 is 22.7 Å². The molecule has 1 N–H and O–H groups in total. The highest BCUT2D eigenvalue weighted by atomic mass is 19.1. The standard InChI is InChI=1S/C25H20F2N6/c1-32-22(6-8-29-32)30-25-28-14-21(27)23(31-25)17-10-16-7-9-33-19(13-18(11-17)24(16)33)12-15-4-2-3-5-20(15)26/h2-6,8,10-11,13-14H,7,9,12H2,1H3,(H,28,30,31). The number of nitrogens with one attached hydrogen (secondary N) is 1. The van der Waals surface area contributed by atoms with Gasteiger partial charge in [0, 0.05) is 42.7 Å². The van der Waals surface area contributed by atoms with E-state index in [0.717, 1.165) is 35.1 Å². The van der Waals surface area contributed by atoms with Crippen molar-refractivity contribution < 1.29 is 8.78 Å². The Hall–Kier alpha value is -4.07. The van der Waals surface area contributed by atoms with Gasteiger partial charge in [-0.3, -0.25) is 4.68 Å². The highest BCUT2D eigenvalue weighted by Gasteiger charge is 2.22. The average molecular weight is 442 g/mol. The molecular formula is C25H20F2N6. The minimum absolute atomic E-state index is 0.203. The van der Waals surface area contributed by atoms with E-state index in [1.807, 2.05) is 24.3 Å². The molecule has 0 unspecified atom stereocenters. The van der Waals surface area contributed by atoms with Gasteiger partial charge in [-0.2, -0.15) is 5.10 Å². The smallest absolute Gasteiger partial charge is 0.229 e. The van der Waals surface area contributed by atoms with Gasteiger partial charge in [0.2, 0.25) is 5.95 Å². The molecule has 1 aliphatic rings. The molecule has 3 aromatic heterocycles. The number of hydrogen-bond acceptors (Lipinski definition) is 4. The van der Waals surface area contributed by atoms with Crippen molar-refractivity contribution in [3.8, 4) is 11.3 Å². The molecule has 5 aromatic rings. The molecule has 164 valence electrons. The lowest BCUT2D eigenvalue weighted by Gasteiger charge is -2.09. The first-order valence-electron chi connectivity index (χ1n) is 10.7. The number of aromatic nitrogens is 5.